The van der Waals surface area contributed by atoms with Crippen LogP contribution in [0.1, 0.15) is 6.42 Å². The largest absolute Gasteiger partial charge is 0.573 e. The van der Waals surface area contributed by atoms with Crippen molar-refractivity contribution >= 4 is 17.5 Å². The van der Waals surface area contributed by atoms with Crippen molar-refractivity contribution in [1.82, 2.24) is 9.97 Å². The lowest BCUT2D eigenvalue weighted by Gasteiger charge is -2.10. The van der Waals surface area contributed by atoms with E-state index in [2.05, 4.69) is 25.3 Å². The predicted molar refractivity (Wildman–Crippen MR) is 76.9 cm³/mol. The molecular weight excluding hydrogens is 313 g/mol. The van der Waals surface area contributed by atoms with Gasteiger partial charge in [-0.15, -0.1) is 13.2 Å². The maximum absolute atomic E-state index is 12.0. The van der Waals surface area contributed by atoms with Gasteiger partial charge in [0.2, 0.25) is 11.9 Å². The van der Waals surface area contributed by atoms with Gasteiger partial charge in [-0.3, -0.25) is 4.79 Å². The third-order valence-electron chi connectivity index (χ3n) is 2.57. The summed E-state index contributed by atoms with van der Waals surface area (Å²) in [4.78, 5) is 19.6. The fraction of sp³-hybridized carbons (Fsp3) is 0.214. The molecule has 122 valence electrons. The number of ether oxygens (including phenoxy) is 1. The van der Waals surface area contributed by atoms with Gasteiger partial charge in [0.25, 0.3) is 0 Å². The van der Waals surface area contributed by atoms with Crippen LogP contribution in [-0.2, 0) is 4.79 Å². The second kappa shape index (κ2) is 7.43. The summed E-state index contributed by atoms with van der Waals surface area (Å²) < 4.78 is 39.8. The summed E-state index contributed by atoms with van der Waals surface area (Å²) in [7, 11) is 0. The smallest absolute Gasteiger partial charge is 0.406 e. The molecule has 1 aromatic carbocycles. The number of alkyl halides is 3. The molecule has 1 amide bonds. The number of carbonyl (C=O) groups excluding carboxylic acids is 1. The van der Waals surface area contributed by atoms with Crippen LogP contribution in [0.4, 0.5) is 24.8 Å². The van der Waals surface area contributed by atoms with Crippen LogP contribution in [0.3, 0.4) is 0 Å². The van der Waals surface area contributed by atoms with Crippen molar-refractivity contribution in [3.05, 3.63) is 42.7 Å². The Labute approximate surface area is 129 Å². The van der Waals surface area contributed by atoms with Crippen molar-refractivity contribution in [3.63, 3.8) is 0 Å². The Morgan fingerprint density at radius 1 is 1.13 bits per heavy atom. The molecule has 2 aromatic rings. The number of aromatic nitrogens is 2. The standard InChI is InChI=1S/C14H13F3N4O2/c15-14(16,17)23-11-4-2-10(3-5-11)21-12(22)6-9-20-13-18-7-1-8-19-13/h1-5,7-8H,6,9H2,(H,21,22)(H,18,19,20). The van der Waals surface area contributed by atoms with Gasteiger partial charge in [-0.2, -0.15) is 0 Å². The molecule has 0 aliphatic heterocycles. The molecule has 1 aromatic heterocycles. The molecule has 6 nitrogen and oxygen atoms in total. The SMILES string of the molecule is O=C(CCNc1ncccn1)Nc1ccc(OC(F)(F)F)cc1. The third-order valence-corrected chi connectivity index (χ3v) is 2.57. The monoisotopic (exact) mass is 326 g/mol. The molecule has 23 heavy (non-hydrogen) atoms. The minimum absolute atomic E-state index is 0.152. The number of rotatable bonds is 6. The molecule has 0 aliphatic carbocycles. The van der Waals surface area contributed by atoms with Crippen LogP contribution in [0, 0.1) is 0 Å². The highest BCUT2D eigenvalue weighted by Gasteiger charge is 2.30. The van der Waals surface area contributed by atoms with Gasteiger partial charge in [-0.05, 0) is 30.3 Å². The van der Waals surface area contributed by atoms with Crippen LogP contribution in [0.5, 0.6) is 5.75 Å². The minimum atomic E-state index is -4.74. The van der Waals surface area contributed by atoms with E-state index >= 15 is 0 Å². The van der Waals surface area contributed by atoms with Gasteiger partial charge in [0.15, 0.2) is 0 Å². The molecule has 0 unspecified atom stereocenters. The Morgan fingerprint density at radius 2 is 1.78 bits per heavy atom. The lowest BCUT2D eigenvalue weighted by atomic mass is 10.3. The summed E-state index contributed by atoms with van der Waals surface area (Å²) in [5, 5.41) is 5.43. The van der Waals surface area contributed by atoms with Crippen molar-refractivity contribution in [2.45, 2.75) is 12.8 Å². The fourth-order valence-electron chi connectivity index (χ4n) is 1.64. The van der Waals surface area contributed by atoms with Crippen molar-refractivity contribution in [2.75, 3.05) is 17.2 Å². The zero-order chi connectivity index (χ0) is 16.7. The van der Waals surface area contributed by atoms with E-state index in [-0.39, 0.29) is 18.1 Å². The molecule has 0 bridgehead atoms. The summed E-state index contributed by atoms with van der Waals surface area (Å²) in [6, 6.07) is 6.57. The molecule has 0 saturated carbocycles. The number of hydrogen-bond acceptors (Lipinski definition) is 5. The zero-order valence-electron chi connectivity index (χ0n) is 11.8. The Morgan fingerprint density at radius 3 is 2.39 bits per heavy atom. The maximum atomic E-state index is 12.0. The van der Waals surface area contributed by atoms with E-state index < -0.39 is 6.36 Å². The Hall–Kier alpha value is -2.84. The summed E-state index contributed by atoms with van der Waals surface area (Å²) in [5.74, 6) is -0.231. The molecule has 0 aliphatic rings. The van der Waals surface area contributed by atoms with Crippen LogP contribution in [0.2, 0.25) is 0 Å². The highest BCUT2D eigenvalue weighted by Crippen LogP contribution is 2.23. The van der Waals surface area contributed by atoms with E-state index in [4.69, 9.17) is 0 Å². The number of anilines is 2. The molecule has 0 spiro atoms. The Balaban J connectivity index is 1.76. The van der Waals surface area contributed by atoms with Crippen molar-refractivity contribution in [1.29, 1.82) is 0 Å². The first-order chi connectivity index (χ1) is 10.9. The number of nitrogens with one attached hydrogen (secondary N) is 2. The average molecular weight is 326 g/mol. The van der Waals surface area contributed by atoms with Crippen molar-refractivity contribution in [2.24, 2.45) is 0 Å². The van der Waals surface area contributed by atoms with Gasteiger partial charge >= 0.3 is 6.36 Å². The highest BCUT2D eigenvalue weighted by atomic mass is 19.4. The van der Waals surface area contributed by atoms with Gasteiger partial charge in [0, 0.05) is 31.0 Å². The first-order valence-corrected chi connectivity index (χ1v) is 6.59. The lowest BCUT2D eigenvalue weighted by Crippen LogP contribution is -2.18. The van der Waals surface area contributed by atoms with Crippen molar-refractivity contribution in [3.8, 4) is 5.75 Å². The van der Waals surface area contributed by atoms with Gasteiger partial charge in [0.1, 0.15) is 5.75 Å². The van der Waals surface area contributed by atoms with E-state index in [1.54, 1.807) is 18.5 Å². The second-order valence-corrected chi connectivity index (χ2v) is 4.37. The number of amides is 1. The van der Waals surface area contributed by atoms with Gasteiger partial charge in [-0.1, -0.05) is 0 Å². The molecule has 2 N–H and O–H groups in total. The zero-order valence-corrected chi connectivity index (χ0v) is 11.8. The van der Waals surface area contributed by atoms with Gasteiger partial charge in [0.05, 0.1) is 0 Å². The normalized spacial score (nSPS) is 10.9. The number of halogens is 3. The molecule has 2 rings (SSSR count). The van der Waals surface area contributed by atoms with Crippen molar-refractivity contribution < 1.29 is 22.7 Å². The van der Waals surface area contributed by atoms with Crippen LogP contribution in [-0.4, -0.2) is 28.8 Å². The van der Waals surface area contributed by atoms with E-state index in [9.17, 15) is 18.0 Å². The summed E-state index contributed by atoms with van der Waals surface area (Å²) in [6.45, 7) is 0.325. The topological polar surface area (TPSA) is 76.1 Å². The molecule has 0 fully saturated rings. The molecule has 0 atom stereocenters. The van der Waals surface area contributed by atoms with E-state index in [1.165, 1.54) is 12.1 Å². The lowest BCUT2D eigenvalue weighted by molar-refractivity contribution is -0.274. The third kappa shape index (κ3) is 6.20. The number of carbonyl (C=O) groups is 1. The highest BCUT2D eigenvalue weighted by molar-refractivity contribution is 5.91. The first kappa shape index (κ1) is 16.5. The Kier molecular flexibility index (Phi) is 5.34. The van der Waals surface area contributed by atoms with E-state index in [1.807, 2.05) is 0 Å². The average Bonchev–Trinajstić information content (AvgIpc) is 2.49. The summed E-state index contributed by atoms with van der Waals surface area (Å²) in [5.41, 5.74) is 0.375. The molecular formula is C14H13F3N4O2. The fourth-order valence-corrected chi connectivity index (χ4v) is 1.64. The summed E-state index contributed by atoms with van der Waals surface area (Å²) >= 11 is 0. The summed E-state index contributed by atoms with van der Waals surface area (Å²) in [6.07, 6.45) is -1.45. The predicted octanol–water partition coefficient (Wildman–Crippen LogP) is 2.82. The Bertz CT molecular complexity index is 633. The maximum Gasteiger partial charge on any atom is 0.573 e. The van der Waals surface area contributed by atoms with Crippen LogP contribution in [0.25, 0.3) is 0 Å². The van der Waals surface area contributed by atoms with Crippen LogP contribution < -0.4 is 15.4 Å². The second-order valence-electron chi connectivity index (χ2n) is 4.37. The number of nitrogens with zero attached hydrogens (tertiary/aromatic N) is 2. The van der Waals surface area contributed by atoms with E-state index in [0.717, 1.165) is 12.1 Å². The minimum Gasteiger partial charge on any atom is -0.406 e. The molecule has 1 heterocycles. The quantitative estimate of drug-likeness (QED) is 0.854. The number of benzene rings is 1. The van der Waals surface area contributed by atoms with E-state index in [0.29, 0.717) is 18.2 Å². The molecule has 0 saturated heterocycles. The van der Waals surface area contributed by atoms with Crippen LogP contribution >= 0.6 is 0 Å². The van der Waals surface area contributed by atoms with Gasteiger partial charge in [-0.25, -0.2) is 9.97 Å². The first-order valence-electron chi connectivity index (χ1n) is 6.59. The molecule has 0 radical (unpaired) electrons. The van der Waals surface area contributed by atoms with Gasteiger partial charge < -0.3 is 15.4 Å². The molecule has 9 heteroatoms. The number of hydrogen-bond donors (Lipinski definition) is 2. The van der Waals surface area contributed by atoms with Crippen LogP contribution in [0.15, 0.2) is 42.7 Å².